The molecule has 1 aromatic heterocycles. The van der Waals surface area contributed by atoms with E-state index in [9.17, 15) is 10.1 Å². The van der Waals surface area contributed by atoms with Crippen molar-refractivity contribution in [3.8, 4) is 17.2 Å². The van der Waals surface area contributed by atoms with Gasteiger partial charge < -0.3 is 19.5 Å². The second kappa shape index (κ2) is 6.97. The minimum absolute atomic E-state index is 0.0690. The number of rotatable bonds is 6. The van der Waals surface area contributed by atoms with Gasteiger partial charge in [0.25, 0.3) is 0 Å². The molecule has 0 unspecified atom stereocenters. The molecule has 0 bridgehead atoms. The highest BCUT2D eigenvalue weighted by atomic mass is 35.5. The number of ether oxygens (including phenoxy) is 3. The molecule has 10 heteroatoms. The predicted octanol–water partition coefficient (Wildman–Crippen LogP) is 2.81. The molecule has 1 aromatic carbocycles. The zero-order valence-electron chi connectivity index (χ0n) is 12.5. The lowest BCUT2D eigenvalue weighted by atomic mass is 10.2. The van der Waals surface area contributed by atoms with E-state index in [4.69, 9.17) is 25.8 Å². The number of aromatic nitrogens is 2. The van der Waals surface area contributed by atoms with Gasteiger partial charge in [-0.25, -0.2) is 4.98 Å². The molecule has 9 nitrogen and oxygen atoms in total. The van der Waals surface area contributed by atoms with Crippen LogP contribution < -0.4 is 19.5 Å². The van der Waals surface area contributed by atoms with Crippen LogP contribution in [0.15, 0.2) is 18.3 Å². The molecule has 0 radical (unpaired) electrons. The summed E-state index contributed by atoms with van der Waals surface area (Å²) in [5.41, 5.74) is 0.0641. The van der Waals surface area contributed by atoms with Crippen LogP contribution in [0, 0.1) is 10.1 Å². The van der Waals surface area contributed by atoms with Crippen molar-refractivity contribution in [3.63, 3.8) is 0 Å². The monoisotopic (exact) mass is 340 g/mol. The molecule has 0 atom stereocenters. The Kier molecular flexibility index (Phi) is 5.02. The Morgan fingerprint density at radius 3 is 2.43 bits per heavy atom. The molecule has 0 aliphatic rings. The standard InChI is InChI=1S/C13H13ClN4O5/c1-21-9-5-4-7(10(22-2)11(9)23-3)16-12-8(18(19)20)6-15-13(14)17-12/h4-6H,1-3H3,(H,15,16,17). The van der Waals surface area contributed by atoms with Crippen LogP contribution in [-0.4, -0.2) is 36.2 Å². The largest absolute Gasteiger partial charge is 0.493 e. The van der Waals surface area contributed by atoms with Gasteiger partial charge in [0, 0.05) is 0 Å². The lowest BCUT2D eigenvalue weighted by Crippen LogP contribution is -2.04. The third-order valence-corrected chi connectivity index (χ3v) is 3.08. The van der Waals surface area contributed by atoms with Crippen LogP contribution in [0.4, 0.5) is 17.2 Å². The molecule has 0 saturated carbocycles. The minimum atomic E-state index is -0.619. The first-order valence-corrected chi connectivity index (χ1v) is 6.62. The average Bonchev–Trinajstić information content (AvgIpc) is 2.53. The Bertz CT molecular complexity index is 741. The first-order chi connectivity index (χ1) is 11.0. The summed E-state index contributed by atoms with van der Waals surface area (Å²) in [6.45, 7) is 0. The van der Waals surface area contributed by atoms with E-state index in [1.807, 2.05) is 0 Å². The normalized spacial score (nSPS) is 10.1. The van der Waals surface area contributed by atoms with Crippen molar-refractivity contribution in [2.45, 2.75) is 0 Å². The molecule has 0 saturated heterocycles. The third-order valence-electron chi connectivity index (χ3n) is 2.89. The highest BCUT2D eigenvalue weighted by Gasteiger charge is 2.21. The number of halogens is 1. The first-order valence-electron chi connectivity index (χ1n) is 6.24. The summed E-state index contributed by atoms with van der Waals surface area (Å²) in [7, 11) is 4.37. The van der Waals surface area contributed by atoms with Crippen molar-refractivity contribution >= 4 is 28.8 Å². The Labute approximate surface area is 136 Å². The van der Waals surface area contributed by atoms with Crippen molar-refractivity contribution in [3.05, 3.63) is 33.7 Å². The maximum absolute atomic E-state index is 11.1. The van der Waals surface area contributed by atoms with Crippen LogP contribution in [0.25, 0.3) is 0 Å². The maximum atomic E-state index is 11.1. The Morgan fingerprint density at radius 2 is 1.87 bits per heavy atom. The van der Waals surface area contributed by atoms with Gasteiger partial charge in [-0.1, -0.05) is 0 Å². The number of methoxy groups -OCH3 is 3. The zero-order valence-corrected chi connectivity index (χ0v) is 13.2. The van der Waals surface area contributed by atoms with E-state index in [0.717, 1.165) is 6.20 Å². The smallest absolute Gasteiger partial charge is 0.329 e. The summed E-state index contributed by atoms with van der Waals surface area (Å²) in [5, 5.41) is 13.7. The van der Waals surface area contributed by atoms with Crippen molar-refractivity contribution in [2.24, 2.45) is 0 Å². The van der Waals surface area contributed by atoms with Crippen LogP contribution in [0.1, 0.15) is 0 Å². The summed E-state index contributed by atoms with van der Waals surface area (Å²) in [6.07, 6.45) is 1.02. The number of benzene rings is 1. The fourth-order valence-electron chi connectivity index (χ4n) is 1.91. The number of nitro groups is 1. The highest BCUT2D eigenvalue weighted by Crippen LogP contribution is 2.44. The van der Waals surface area contributed by atoms with Crippen molar-refractivity contribution in [1.82, 2.24) is 9.97 Å². The Morgan fingerprint density at radius 1 is 1.17 bits per heavy atom. The van der Waals surface area contributed by atoms with Crippen LogP contribution >= 0.6 is 11.6 Å². The molecule has 122 valence electrons. The van der Waals surface area contributed by atoms with E-state index in [-0.39, 0.29) is 16.8 Å². The van der Waals surface area contributed by atoms with Gasteiger partial charge in [-0.05, 0) is 23.7 Å². The van der Waals surface area contributed by atoms with Crippen LogP contribution in [0.3, 0.4) is 0 Å². The number of nitrogens with zero attached hydrogens (tertiary/aromatic N) is 3. The molecule has 1 N–H and O–H groups in total. The molecular weight excluding hydrogens is 328 g/mol. The number of anilines is 2. The SMILES string of the molecule is COc1ccc(Nc2nc(Cl)ncc2[N+](=O)[O-])c(OC)c1OC. The summed E-state index contributed by atoms with van der Waals surface area (Å²) in [5.74, 6) is 1.02. The van der Waals surface area contributed by atoms with Gasteiger partial charge in [-0.3, -0.25) is 10.1 Å². The first kappa shape index (κ1) is 16.6. The molecular formula is C13H13ClN4O5. The molecule has 23 heavy (non-hydrogen) atoms. The summed E-state index contributed by atoms with van der Waals surface area (Å²) >= 11 is 5.71. The molecule has 1 heterocycles. The molecule has 0 fully saturated rings. The maximum Gasteiger partial charge on any atom is 0.329 e. The van der Waals surface area contributed by atoms with E-state index >= 15 is 0 Å². The average molecular weight is 341 g/mol. The molecule has 0 amide bonds. The molecule has 2 rings (SSSR count). The highest BCUT2D eigenvalue weighted by molar-refractivity contribution is 6.28. The van der Waals surface area contributed by atoms with E-state index in [2.05, 4.69) is 15.3 Å². The molecule has 2 aromatic rings. The van der Waals surface area contributed by atoms with Gasteiger partial charge in [0.1, 0.15) is 6.20 Å². The summed E-state index contributed by atoms with van der Waals surface area (Å²) < 4.78 is 15.7. The minimum Gasteiger partial charge on any atom is -0.493 e. The van der Waals surface area contributed by atoms with Crippen molar-refractivity contribution < 1.29 is 19.1 Å². The number of nitrogens with one attached hydrogen (secondary N) is 1. The van der Waals surface area contributed by atoms with Gasteiger partial charge in [0.05, 0.1) is 31.9 Å². The van der Waals surface area contributed by atoms with E-state index < -0.39 is 4.92 Å². The lowest BCUT2D eigenvalue weighted by molar-refractivity contribution is -0.384. The fourth-order valence-corrected chi connectivity index (χ4v) is 2.04. The van der Waals surface area contributed by atoms with E-state index in [1.54, 1.807) is 12.1 Å². The molecule has 0 aliphatic carbocycles. The summed E-state index contributed by atoms with van der Waals surface area (Å²) in [6, 6.07) is 3.23. The van der Waals surface area contributed by atoms with E-state index in [0.29, 0.717) is 22.9 Å². The van der Waals surface area contributed by atoms with Gasteiger partial charge in [0.2, 0.25) is 16.9 Å². The second-order valence-electron chi connectivity index (χ2n) is 4.14. The molecule has 0 spiro atoms. The Hall–Kier alpha value is -2.81. The molecule has 0 aliphatic heterocycles. The van der Waals surface area contributed by atoms with Gasteiger partial charge >= 0.3 is 5.69 Å². The lowest BCUT2D eigenvalue weighted by Gasteiger charge is -2.16. The van der Waals surface area contributed by atoms with Crippen LogP contribution in [0.5, 0.6) is 17.2 Å². The van der Waals surface area contributed by atoms with E-state index in [1.165, 1.54) is 21.3 Å². The van der Waals surface area contributed by atoms with Crippen molar-refractivity contribution in [1.29, 1.82) is 0 Å². The van der Waals surface area contributed by atoms with Gasteiger partial charge in [-0.2, -0.15) is 4.98 Å². The van der Waals surface area contributed by atoms with Crippen LogP contribution in [-0.2, 0) is 0 Å². The van der Waals surface area contributed by atoms with Gasteiger partial charge in [-0.15, -0.1) is 0 Å². The number of hydrogen-bond donors (Lipinski definition) is 1. The quantitative estimate of drug-likeness (QED) is 0.485. The van der Waals surface area contributed by atoms with Gasteiger partial charge in [0.15, 0.2) is 11.5 Å². The predicted molar refractivity (Wildman–Crippen MR) is 83.1 cm³/mol. The second-order valence-corrected chi connectivity index (χ2v) is 4.47. The number of hydrogen-bond acceptors (Lipinski definition) is 8. The van der Waals surface area contributed by atoms with Crippen molar-refractivity contribution in [2.75, 3.05) is 26.6 Å². The van der Waals surface area contributed by atoms with Crippen LogP contribution in [0.2, 0.25) is 5.28 Å². The summed E-state index contributed by atoms with van der Waals surface area (Å²) in [4.78, 5) is 17.9. The Balaban J connectivity index is 2.53. The third kappa shape index (κ3) is 3.34. The topological polar surface area (TPSA) is 109 Å². The fraction of sp³-hybridized carbons (Fsp3) is 0.231. The zero-order chi connectivity index (χ0) is 17.0.